The molecule has 198 valence electrons. The predicted octanol–water partition coefficient (Wildman–Crippen LogP) is 4.45. The highest BCUT2D eigenvalue weighted by atomic mass is 16.5. The van der Waals surface area contributed by atoms with E-state index in [1.54, 1.807) is 19.3 Å². The van der Waals surface area contributed by atoms with Gasteiger partial charge in [-0.05, 0) is 47.7 Å². The average Bonchev–Trinajstić information content (AvgIpc) is 3.26. The molecule has 0 aliphatic heterocycles. The van der Waals surface area contributed by atoms with Gasteiger partial charge < -0.3 is 20.6 Å². The van der Waals surface area contributed by atoms with E-state index in [0.717, 1.165) is 52.2 Å². The van der Waals surface area contributed by atoms with E-state index < -0.39 is 5.97 Å². The molecule has 0 spiro atoms. The SMILES string of the molecule is CN=CC(C=N)c1cccc(Cc2c3c(nn2C)CCc2cnc(Nc4ccc(C(=O)O)cc4OC)nc2-3)c1. The van der Waals surface area contributed by atoms with Gasteiger partial charge in [-0.2, -0.15) is 5.10 Å². The summed E-state index contributed by atoms with van der Waals surface area (Å²) in [6, 6.07) is 12.8. The highest BCUT2D eigenvalue weighted by molar-refractivity contribution is 5.90. The first-order valence-corrected chi connectivity index (χ1v) is 12.5. The third-order valence-electron chi connectivity index (χ3n) is 6.86. The van der Waals surface area contributed by atoms with Gasteiger partial charge in [0.05, 0.1) is 41.4 Å². The zero-order chi connectivity index (χ0) is 27.5. The van der Waals surface area contributed by atoms with Gasteiger partial charge in [0, 0.05) is 44.7 Å². The van der Waals surface area contributed by atoms with Gasteiger partial charge in [-0.3, -0.25) is 9.67 Å². The number of nitrogens with one attached hydrogen (secondary N) is 2. The number of carboxylic acids is 1. The van der Waals surface area contributed by atoms with Gasteiger partial charge in [0.25, 0.3) is 0 Å². The Morgan fingerprint density at radius 3 is 2.87 bits per heavy atom. The average molecular weight is 524 g/mol. The number of carboxylic acid groups (broad SMARTS) is 1. The molecule has 10 nitrogen and oxygen atoms in total. The summed E-state index contributed by atoms with van der Waals surface area (Å²) in [4.78, 5) is 24.9. The molecule has 1 unspecified atom stereocenters. The second-order valence-electron chi connectivity index (χ2n) is 9.33. The summed E-state index contributed by atoms with van der Waals surface area (Å²) in [5.74, 6) is -0.430. The number of aromatic nitrogens is 4. The monoisotopic (exact) mass is 523 g/mol. The third kappa shape index (κ3) is 5.13. The molecule has 2 aromatic heterocycles. The Labute approximate surface area is 225 Å². The van der Waals surface area contributed by atoms with Gasteiger partial charge >= 0.3 is 5.97 Å². The summed E-state index contributed by atoms with van der Waals surface area (Å²) in [5.41, 5.74) is 7.77. The van der Waals surface area contributed by atoms with Crippen LogP contribution < -0.4 is 10.1 Å². The van der Waals surface area contributed by atoms with Crippen LogP contribution in [0, 0.1) is 5.41 Å². The van der Waals surface area contributed by atoms with Crippen molar-refractivity contribution in [2.45, 2.75) is 25.2 Å². The number of rotatable bonds is 9. The van der Waals surface area contributed by atoms with Crippen LogP contribution in [0.3, 0.4) is 0 Å². The Balaban J connectivity index is 1.50. The number of benzene rings is 2. The van der Waals surface area contributed by atoms with Crippen molar-refractivity contribution in [1.29, 1.82) is 5.41 Å². The van der Waals surface area contributed by atoms with Crippen LogP contribution in [-0.4, -0.2) is 57.4 Å². The first kappa shape index (κ1) is 25.8. The van der Waals surface area contributed by atoms with Crippen molar-refractivity contribution in [1.82, 2.24) is 19.7 Å². The largest absolute Gasteiger partial charge is 0.495 e. The van der Waals surface area contributed by atoms with Crippen molar-refractivity contribution < 1.29 is 14.6 Å². The van der Waals surface area contributed by atoms with E-state index in [1.807, 2.05) is 30.1 Å². The maximum atomic E-state index is 11.4. The van der Waals surface area contributed by atoms with Crippen molar-refractivity contribution in [2.24, 2.45) is 12.0 Å². The summed E-state index contributed by atoms with van der Waals surface area (Å²) in [6.45, 7) is 0. The number of fused-ring (bicyclic) bond motifs is 3. The van der Waals surface area contributed by atoms with Crippen LogP contribution in [-0.2, 0) is 26.3 Å². The second-order valence-corrected chi connectivity index (χ2v) is 9.33. The van der Waals surface area contributed by atoms with E-state index >= 15 is 0 Å². The first-order valence-electron chi connectivity index (χ1n) is 12.5. The van der Waals surface area contributed by atoms with Gasteiger partial charge in [0.2, 0.25) is 5.95 Å². The molecule has 39 heavy (non-hydrogen) atoms. The third-order valence-corrected chi connectivity index (χ3v) is 6.86. The Morgan fingerprint density at radius 2 is 2.13 bits per heavy atom. The minimum absolute atomic E-state index is 0.131. The molecular weight excluding hydrogens is 494 g/mol. The van der Waals surface area contributed by atoms with Crippen LogP contribution in [0.4, 0.5) is 11.6 Å². The van der Waals surface area contributed by atoms with Crippen LogP contribution in [0.15, 0.2) is 53.7 Å². The van der Waals surface area contributed by atoms with Crippen molar-refractivity contribution in [3.05, 3.63) is 82.3 Å². The number of anilines is 2. The molecule has 0 fully saturated rings. The van der Waals surface area contributed by atoms with Gasteiger partial charge in [0.1, 0.15) is 5.75 Å². The minimum Gasteiger partial charge on any atom is -0.495 e. The van der Waals surface area contributed by atoms with E-state index in [0.29, 0.717) is 23.8 Å². The van der Waals surface area contributed by atoms with E-state index in [2.05, 4.69) is 27.4 Å². The van der Waals surface area contributed by atoms with Gasteiger partial charge in [-0.15, -0.1) is 0 Å². The molecule has 10 heteroatoms. The normalized spacial score (nSPS) is 13.0. The molecule has 0 saturated carbocycles. The van der Waals surface area contributed by atoms with Crippen LogP contribution >= 0.6 is 0 Å². The highest BCUT2D eigenvalue weighted by Crippen LogP contribution is 2.36. The predicted molar refractivity (Wildman–Crippen MR) is 150 cm³/mol. The maximum Gasteiger partial charge on any atom is 0.335 e. The number of aryl methyl sites for hydroxylation is 3. The smallest absolute Gasteiger partial charge is 0.335 e. The fourth-order valence-electron chi connectivity index (χ4n) is 4.93. The number of aliphatic imine (C=N–C) groups is 1. The summed E-state index contributed by atoms with van der Waals surface area (Å²) in [6.07, 6.45) is 7.25. The summed E-state index contributed by atoms with van der Waals surface area (Å²) in [5, 5.41) is 25.1. The Hall–Kier alpha value is -4.86. The number of carbonyl (C=O) groups is 1. The maximum absolute atomic E-state index is 11.4. The standard InChI is InChI=1S/C29H29N7O3/c1-31-15-21(14-30)18-6-4-5-17(11-18)12-24-26-23(35-36(24)2)10-8-20-16-32-29(34-27(20)26)33-22-9-7-19(28(37)38)13-25(22)39-3/h4-7,9,11,13-16,21,30H,8,10,12H2,1-3H3,(H,37,38)(H,32,33,34). The molecule has 2 aromatic carbocycles. The second kappa shape index (κ2) is 10.9. The number of hydrogen-bond donors (Lipinski definition) is 3. The molecular formula is C29H29N7O3. The molecule has 0 amide bonds. The van der Waals surface area contributed by atoms with E-state index in [4.69, 9.17) is 20.2 Å². The van der Waals surface area contributed by atoms with Crippen molar-refractivity contribution in [3.63, 3.8) is 0 Å². The number of methoxy groups -OCH3 is 1. The fraction of sp³-hybridized carbons (Fsp3) is 0.241. The lowest BCUT2D eigenvalue weighted by molar-refractivity contribution is 0.0696. The zero-order valence-electron chi connectivity index (χ0n) is 22.0. The molecule has 3 N–H and O–H groups in total. The van der Waals surface area contributed by atoms with Gasteiger partial charge in [-0.1, -0.05) is 24.3 Å². The minimum atomic E-state index is -1.03. The van der Waals surface area contributed by atoms with Crippen molar-refractivity contribution in [2.75, 3.05) is 19.5 Å². The van der Waals surface area contributed by atoms with Crippen LogP contribution in [0.5, 0.6) is 5.75 Å². The van der Waals surface area contributed by atoms with Crippen LogP contribution in [0.1, 0.15) is 44.4 Å². The zero-order valence-corrected chi connectivity index (χ0v) is 22.0. The van der Waals surface area contributed by atoms with Crippen LogP contribution in [0.2, 0.25) is 0 Å². The number of nitrogens with zero attached hydrogens (tertiary/aromatic N) is 5. The summed E-state index contributed by atoms with van der Waals surface area (Å²) in [7, 11) is 5.16. The van der Waals surface area contributed by atoms with Crippen LogP contribution in [0.25, 0.3) is 11.3 Å². The quantitative estimate of drug-likeness (QED) is 0.276. The molecule has 4 aromatic rings. The van der Waals surface area contributed by atoms with Crippen molar-refractivity contribution >= 4 is 30.0 Å². The topological polar surface area (TPSA) is 138 Å². The number of ether oxygens (including phenoxy) is 1. The first-order chi connectivity index (χ1) is 18.9. The molecule has 0 bridgehead atoms. The fourth-order valence-corrected chi connectivity index (χ4v) is 4.93. The lowest BCUT2D eigenvalue weighted by Crippen LogP contribution is -2.10. The molecule has 1 aliphatic rings. The Bertz CT molecular complexity index is 1590. The lowest BCUT2D eigenvalue weighted by Gasteiger charge is -2.18. The van der Waals surface area contributed by atoms with E-state index in [1.165, 1.54) is 25.5 Å². The molecule has 0 saturated heterocycles. The highest BCUT2D eigenvalue weighted by Gasteiger charge is 2.26. The van der Waals surface area contributed by atoms with E-state index in [-0.39, 0.29) is 11.5 Å². The summed E-state index contributed by atoms with van der Waals surface area (Å²) >= 11 is 0. The lowest BCUT2D eigenvalue weighted by atomic mass is 9.91. The molecule has 5 rings (SSSR count). The van der Waals surface area contributed by atoms with Crippen molar-refractivity contribution in [3.8, 4) is 17.0 Å². The number of aromatic carboxylic acids is 1. The number of hydrogen-bond acceptors (Lipinski definition) is 8. The molecule has 0 radical (unpaired) electrons. The van der Waals surface area contributed by atoms with Gasteiger partial charge in [0.15, 0.2) is 0 Å². The Morgan fingerprint density at radius 1 is 1.28 bits per heavy atom. The molecule has 1 aliphatic carbocycles. The molecule has 2 heterocycles. The summed E-state index contributed by atoms with van der Waals surface area (Å²) < 4.78 is 7.33. The van der Waals surface area contributed by atoms with E-state index in [9.17, 15) is 9.90 Å². The Kier molecular flexibility index (Phi) is 7.18. The van der Waals surface area contributed by atoms with Gasteiger partial charge in [-0.25, -0.2) is 14.8 Å². The molecule has 1 atom stereocenters.